The number of nitrogens with zero attached hydrogens (tertiary/aromatic N) is 7. The molecule has 1 atom stereocenters. The molecule has 4 aliphatic heterocycles. The minimum Gasteiger partial charge on any atom is -0.494 e. The third-order valence-electron chi connectivity index (χ3n) is 14.1. The smallest absolute Gasteiger partial charge is 0.234 e. The molecule has 3 N–H and O–H groups in total. The molecular formula is C50H58BrF2N10O5P. The second-order valence-corrected chi connectivity index (χ2v) is 22.7. The van der Waals surface area contributed by atoms with Gasteiger partial charge in [-0.3, -0.25) is 29.6 Å². The third-order valence-corrected chi connectivity index (χ3v) is 16.3. The monoisotopic (exact) mass is 1030 g/mol. The number of para-hydroxylation sites is 1. The van der Waals surface area contributed by atoms with Crippen LogP contribution in [0.5, 0.6) is 5.75 Å². The molecule has 0 saturated carbocycles. The minimum atomic E-state index is -2.73. The van der Waals surface area contributed by atoms with E-state index in [1.165, 1.54) is 17.7 Å². The van der Waals surface area contributed by atoms with Gasteiger partial charge in [-0.2, -0.15) is 4.98 Å². The Balaban J connectivity index is 0.778. The Hall–Kier alpha value is -5.71. The van der Waals surface area contributed by atoms with Crippen LogP contribution in [-0.2, 0) is 25.4 Å². The van der Waals surface area contributed by atoms with Gasteiger partial charge >= 0.3 is 0 Å². The van der Waals surface area contributed by atoms with Crippen molar-refractivity contribution in [3.8, 4) is 5.75 Å². The van der Waals surface area contributed by atoms with Crippen LogP contribution in [0, 0.1) is 17.6 Å². The van der Waals surface area contributed by atoms with E-state index in [4.69, 9.17) is 9.72 Å². The van der Waals surface area contributed by atoms with Gasteiger partial charge in [-0.25, -0.2) is 13.8 Å². The molecule has 3 aromatic carbocycles. The number of imide groups is 1. The lowest BCUT2D eigenvalue weighted by Crippen LogP contribution is -2.55. The number of pyridine rings is 1. The fourth-order valence-corrected chi connectivity index (χ4v) is 12.3. The zero-order valence-electron chi connectivity index (χ0n) is 39.4. The second-order valence-electron chi connectivity index (χ2n) is 18.7. The highest BCUT2D eigenvalue weighted by atomic mass is 79.9. The summed E-state index contributed by atoms with van der Waals surface area (Å²) in [5.74, 6) is -2.25. The molecule has 0 spiro atoms. The molecule has 1 unspecified atom stereocenters. The van der Waals surface area contributed by atoms with E-state index in [1.807, 2.05) is 34.1 Å². The molecule has 2 aromatic heterocycles. The first-order chi connectivity index (χ1) is 33.2. The highest BCUT2D eigenvalue weighted by Crippen LogP contribution is 2.42. The fourth-order valence-electron chi connectivity index (χ4n) is 10.5. The maximum Gasteiger partial charge on any atom is 0.234 e. The molecule has 4 saturated heterocycles. The highest BCUT2D eigenvalue weighted by molar-refractivity contribution is 9.10. The van der Waals surface area contributed by atoms with Crippen LogP contribution in [0.15, 0.2) is 65.4 Å². The van der Waals surface area contributed by atoms with Gasteiger partial charge in [0.1, 0.15) is 30.3 Å². The Kier molecular flexibility index (Phi) is 14.2. The summed E-state index contributed by atoms with van der Waals surface area (Å²) in [6.45, 7) is 11.4. The molecule has 15 nitrogen and oxygen atoms in total. The van der Waals surface area contributed by atoms with Crippen molar-refractivity contribution in [2.24, 2.45) is 5.92 Å². The van der Waals surface area contributed by atoms with Crippen LogP contribution in [0.3, 0.4) is 0 Å². The summed E-state index contributed by atoms with van der Waals surface area (Å²) in [4.78, 5) is 60.5. The second kappa shape index (κ2) is 20.3. The first-order valence-electron chi connectivity index (χ1n) is 23.7. The van der Waals surface area contributed by atoms with Crippen LogP contribution in [0.4, 0.5) is 43.3 Å². The number of aryl methyl sites for hydroxylation is 1. The summed E-state index contributed by atoms with van der Waals surface area (Å²) in [5.41, 5.74) is 4.51. The Labute approximate surface area is 409 Å². The first-order valence-corrected chi connectivity index (χ1v) is 27.1. The predicted octanol–water partition coefficient (Wildman–Crippen LogP) is 7.92. The average molecular weight is 1030 g/mol. The number of aromatic nitrogens is 3. The quantitative estimate of drug-likeness (QED) is 0.0817. The molecule has 4 fully saturated rings. The lowest BCUT2D eigenvalue weighted by atomic mass is 9.89. The van der Waals surface area contributed by atoms with Crippen LogP contribution in [0.2, 0.25) is 0 Å². The Morgan fingerprint density at radius 2 is 1.57 bits per heavy atom. The van der Waals surface area contributed by atoms with Gasteiger partial charge in [0.15, 0.2) is 0 Å². The maximum atomic E-state index is 15.3. The standard InChI is InChI=1S/C50H58BrF2N10O5P/c1-5-30-24-40(57-50-55-28-36(51)47(59-50)56-41-29-54-39-9-7-6-8-34(39)46(41)69(3,4)67)43(68-2)27-42(30)62-18-14-32(15-19-62)61-20-22-63(23-21-61)49(66)31-12-16-60(17-13-31)33-25-37(52)45(38(53)26-33)35-10-11-44(64)58-48(35)65/h6-9,24-29,31-32,35H,5,10-23H2,1-4H3,(H,58,64,65)(H2,55,56,57,59). The fraction of sp³-hybridized carbons (Fsp3) is 0.440. The van der Waals surface area contributed by atoms with Crippen LogP contribution in [0.25, 0.3) is 10.9 Å². The van der Waals surface area contributed by atoms with E-state index in [-0.39, 0.29) is 30.2 Å². The highest BCUT2D eigenvalue weighted by Gasteiger charge is 2.36. The molecule has 5 aromatic rings. The zero-order chi connectivity index (χ0) is 48.6. The van der Waals surface area contributed by atoms with Gasteiger partial charge in [0.05, 0.1) is 40.6 Å². The van der Waals surface area contributed by atoms with Crippen LogP contribution in [0.1, 0.15) is 62.5 Å². The summed E-state index contributed by atoms with van der Waals surface area (Å²) >= 11 is 3.59. The van der Waals surface area contributed by atoms with Gasteiger partial charge in [-0.1, -0.05) is 25.1 Å². The van der Waals surface area contributed by atoms with E-state index >= 15 is 8.78 Å². The lowest BCUT2D eigenvalue weighted by molar-refractivity contribution is -0.138. The number of benzene rings is 3. The van der Waals surface area contributed by atoms with Gasteiger partial charge in [-0.05, 0) is 97.6 Å². The number of carbonyl (C=O) groups excluding carboxylic acids is 3. The number of methoxy groups -OCH3 is 1. The Bertz CT molecular complexity index is 2800. The summed E-state index contributed by atoms with van der Waals surface area (Å²) < 4.78 is 50.7. The number of rotatable bonds is 12. The van der Waals surface area contributed by atoms with Crippen molar-refractivity contribution < 1.29 is 32.5 Å². The molecule has 4 aliphatic rings. The number of piperidine rings is 3. The van der Waals surface area contributed by atoms with Crippen molar-refractivity contribution in [3.63, 3.8) is 0 Å². The lowest BCUT2D eigenvalue weighted by Gasteiger charge is -2.44. The number of anilines is 6. The van der Waals surface area contributed by atoms with E-state index < -0.39 is 36.5 Å². The normalized spacial score (nSPS) is 18.9. The van der Waals surface area contributed by atoms with Crippen molar-refractivity contribution in [2.75, 3.05) is 93.2 Å². The number of ether oxygens (including phenoxy) is 1. The number of fused-ring (bicyclic) bond motifs is 1. The number of carbonyl (C=O) groups is 3. The molecule has 364 valence electrons. The minimum absolute atomic E-state index is 0.0347. The largest absolute Gasteiger partial charge is 0.494 e. The average Bonchev–Trinajstić information content (AvgIpc) is 3.34. The van der Waals surface area contributed by atoms with Crippen molar-refractivity contribution in [1.29, 1.82) is 0 Å². The SMILES string of the molecule is CCc1cc(Nc2ncc(Br)c(Nc3cnc4ccccc4c3P(C)(C)=O)n2)c(OC)cc1N1CCC(N2CCN(C(=O)C3CCN(c4cc(F)c(C5CCC(=O)NC5=O)c(F)c4)CC3)CC2)CC1. The van der Waals surface area contributed by atoms with E-state index in [1.54, 1.807) is 32.8 Å². The third kappa shape index (κ3) is 10.3. The van der Waals surface area contributed by atoms with Crippen molar-refractivity contribution in [1.82, 2.24) is 30.1 Å². The van der Waals surface area contributed by atoms with Gasteiger partial charge in [0.2, 0.25) is 23.7 Å². The van der Waals surface area contributed by atoms with Crippen LogP contribution >= 0.6 is 23.1 Å². The van der Waals surface area contributed by atoms with E-state index in [0.29, 0.717) is 83.7 Å². The van der Waals surface area contributed by atoms with Gasteiger partial charge in [-0.15, -0.1) is 0 Å². The first kappa shape index (κ1) is 48.3. The predicted molar refractivity (Wildman–Crippen MR) is 269 cm³/mol. The summed E-state index contributed by atoms with van der Waals surface area (Å²) in [5, 5.41) is 10.5. The number of halogens is 3. The number of nitrogens with one attached hydrogen (secondary N) is 3. The number of piperazine rings is 1. The molecule has 6 heterocycles. The Morgan fingerprint density at radius 1 is 0.870 bits per heavy atom. The summed E-state index contributed by atoms with van der Waals surface area (Å²) in [6.07, 6.45) is 7.44. The molecule has 0 aliphatic carbocycles. The van der Waals surface area contributed by atoms with Gasteiger partial charge < -0.3 is 34.6 Å². The molecule has 3 amide bonds. The van der Waals surface area contributed by atoms with Gasteiger partial charge in [0, 0.05) is 111 Å². The van der Waals surface area contributed by atoms with Crippen LogP contribution < -0.4 is 35.8 Å². The van der Waals surface area contributed by atoms with Crippen molar-refractivity contribution in [3.05, 3.63) is 88.2 Å². The number of hydrogen-bond acceptors (Lipinski definition) is 13. The van der Waals surface area contributed by atoms with Crippen molar-refractivity contribution >= 4 is 91.5 Å². The molecule has 0 bridgehead atoms. The molecular weight excluding hydrogens is 969 g/mol. The maximum absolute atomic E-state index is 15.3. The summed E-state index contributed by atoms with van der Waals surface area (Å²) in [6, 6.07) is 14.8. The van der Waals surface area contributed by atoms with E-state index in [2.05, 4.69) is 70.7 Å². The Morgan fingerprint density at radius 3 is 2.23 bits per heavy atom. The molecule has 9 rings (SSSR count). The molecule has 69 heavy (non-hydrogen) atoms. The summed E-state index contributed by atoms with van der Waals surface area (Å²) in [7, 11) is -1.07. The number of amides is 3. The topological polar surface area (TPSA) is 165 Å². The zero-order valence-corrected chi connectivity index (χ0v) is 41.8. The number of hydrogen-bond donors (Lipinski definition) is 3. The van der Waals surface area contributed by atoms with Crippen LogP contribution in [-0.4, -0.2) is 121 Å². The van der Waals surface area contributed by atoms with Gasteiger partial charge in [0.25, 0.3) is 0 Å². The van der Waals surface area contributed by atoms with E-state index in [9.17, 15) is 18.9 Å². The van der Waals surface area contributed by atoms with E-state index in [0.717, 1.165) is 67.7 Å². The van der Waals surface area contributed by atoms with Crippen molar-refractivity contribution in [2.45, 2.75) is 63.8 Å². The molecule has 19 heteroatoms. The molecule has 0 radical (unpaired) electrons.